The number of anilines is 1. The van der Waals surface area contributed by atoms with Gasteiger partial charge < -0.3 is 19.9 Å². The lowest BCUT2D eigenvalue weighted by Gasteiger charge is -2.41. The SMILES string of the molecule is CN(C(=O)Nc1cccc([N+](=O)[O-])c1)C1CCN(C2CCOCC2)CC1. The molecule has 0 atom stereocenters. The Morgan fingerprint density at radius 2 is 1.96 bits per heavy atom. The van der Waals surface area contributed by atoms with Crippen LogP contribution in [-0.2, 0) is 4.74 Å². The van der Waals surface area contributed by atoms with Crippen molar-refractivity contribution >= 4 is 17.4 Å². The standard InChI is InChI=1S/C18H26N4O4/c1-20(18(23)19-14-3-2-4-17(13-14)22(24)25)15-5-9-21(10-6-15)16-7-11-26-12-8-16/h2-4,13,15-16H,5-12H2,1H3,(H,19,23). The molecule has 0 radical (unpaired) electrons. The Bertz CT molecular complexity index is 640. The van der Waals surface area contributed by atoms with Crippen LogP contribution in [0.1, 0.15) is 25.7 Å². The van der Waals surface area contributed by atoms with Gasteiger partial charge in [0.1, 0.15) is 0 Å². The molecule has 142 valence electrons. The molecule has 0 aromatic heterocycles. The third-order valence-corrected chi connectivity index (χ3v) is 5.38. The molecule has 1 N–H and O–H groups in total. The average molecular weight is 362 g/mol. The summed E-state index contributed by atoms with van der Waals surface area (Å²) in [5, 5.41) is 13.6. The summed E-state index contributed by atoms with van der Waals surface area (Å²) in [6.07, 6.45) is 4.06. The van der Waals surface area contributed by atoms with Crippen LogP contribution in [0.2, 0.25) is 0 Å². The molecule has 2 aliphatic rings. The second kappa shape index (κ2) is 8.46. The zero-order valence-corrected chi connectivity index (χ0v) is 15.1. The molecule has 8 heteroatoms. The average Bonchev–Trinajstić information content (AvgIpc) is 2.68. The van der Waals surface area contributed by atoms with Crippen molar-refractivity contribution in [1.82, 2.24) is 9.80 Å². The van der Waals surface area contributed by atoms with E-state index in [0.717, 1.165) is 52.0 Å². The number of nitrogens with one attached hydrogen (secondary N) is 1. The van der Waals surface area contributed by atoms with Crippen molar-refractivity contribution in [2.75, 3.05) is 38.7 Å². The predicted molar refractivity (Wildman–Crippen MR) is 98.3 cm³/mol. The quantitative estimate of drug-likeness (QED) is 0.657. The molecule has 0 aliphatic carbocycles. The van der Waals surface area contributed by atoms with Gasteiger partial charge in [0.05, 0.1) is 4.92 Å². The van der Waals surface area contributed by atoms with Crippen LogP contribution in [0.3, 0.4) is 0 Å². The second-order valence-electron chi connectivity index (χ2n) is 6.96. The molecule has 0 spiro atoms. The Morgan fingerprint density at radius 3 is 2.62 bits per heavy atom. The van der Waals surface area contributed by atoms with Crippen LogP contribution in [0.4, 0.5) is 16.2 Å². The van der Waals surface area contributed by atoms with Crippen LogP contribution in [0.5, 0.6) is 0 Å². The zero-order valence-electron chi connectivity index (χ0n) is 15.1. The summed E-state index contributed by atoms with van der Waals surface area (Å²) in [7, 11) is 1.79. The Kier molecular flexibility index (Phi) is 6.05. The van der Waals surface area contributed by atoms with Crippen molar-refractivity contribution in [2.45, 2.75) is 37.8 Å². The predicted octanol–water partition coefficient (Wildman–Crippen LogP) is 2.70. The van der Waals surface area contributed by atoms with Gasteiger partial charge in [0.25, 0.3) is 5.69 Å². The van der Waals surface area contributed by atoms with Gasteiger partial charge >= 0.3 is 6.03 Å². The van der Waals surface area contributed by atoms with E-state index in [-0.39, 0.29) is 17.8 Å². The van der Waals surface area contributed by atoms with Gasteiger partial charge in [-0.3, -0.25) is 10.1 Å². The highest BCUT2D eigenvalue weighted by molar-refractivity contribution is 5.89. The first kappa shape index (κ1) is 18.6. The Labute approximate surface area is 153 Å². The first-order valence-electron chi connectivity index (χ1n) is 9.14. The fourth-order valence-electron chi connectivity index (χ4n) is 3.76. The van der Waals surface area contributed by atoms with E-state index in [4.69, 9.17) is 4.74 Å². The first-order chi connectivity index (χ1) is 12.5. The van der Waals surface area contributed by atoms with E-state index < -0.39 is 4.92 Å². The van der Waals surface area contributed by atoms with Crippen molar-refractivity contribution in [3.05, 3.63) is 34.4 Å². The van der Waals surface area contributed by atoms with Gasteiger partial charge in [0, 0.05) is 63.3 Å². The van der Waals surface area contributed by atoms with Gasteiger partial charge in [-0.15, -0.1) is 0 Å². The fraction of sp³-hybridized carbons (Fsp3) is 0.611. The number of hydrogen-bond donors (Lipinski definition) is 1. The van der Waals surface area contributed by atoms with E-state index in [9.17, 15) is 14.9 Å². The smallest absolute Gasteiger partial charge is 0.321 e. The topological polar surface area (TPSA) is 88.0 Å². The number of carbonyl (C=O) groups is 1. The Morgan fingerprint density at radius 1 is 1.27 bits per heavy atom. The van der Waals surface area contributed by atoms with Gasteiger partial charge in [-0.1, -0.05) is 6.07 Å². The first-order valence-corrected chi connectivity index (χ1v) is 9.14. The minimum absolute atomic E-state index is 0.0322. The van der Waals surface area contributed by atoms with Gasteiger partial charge in [0.2, 0.25) is 0 Å². The third kappa shape index (κ3) is 4.50. The lowest BCUT2D eigenvalue weighted by atomic mass is 9.99. The summed E-state index contributed by atoms with van der Waals surface area (Å²) in [4.78, 5) is 27.1. The van der Waals surface area contributed by atoms with Gasteiger partial charge in [-0.2, -0.15) is 0 Å². The van der Waals surface area contributed by atoms with Gasteiger partial charge in [0.15, 0.2) is 0 Å². The summed E-state index contributed by atoms with van der Waals surface area (Å²) in [5.41, 5.74) is 0.408. The second-order valence-corrected chi connectivity index (χ2v) is 6.96. The van der Waals surface area contributed by atoms with Crippen LogP contribution in [-0.4, -0.2) is 66.2 Å². The maximum Gasteiger partial charge on any atom is 0.321 e. The normalized spacial score (nSPS) is 19.9. The summed E-state index contributed by atoms with van der Waals surface area (Å²) in [5.74, 6) is 0. The van der Waals surface area contributed by atoms with Crippen molar-refractivity contribution in [3.8, 4) is 0 Å². The van der Waals surface area contributed by atoms with Crippen molar-refractivity contribution in [1.29, 1.82) is 0 Å². The van der Waals surface area contributed by atoms with Gasteiger partial charge in [-0.25, -0.2) is 4.79 Å². The number of nitro benzene ring substituents is 1. The summed E-state index contributed by atoms with van der Waals surface area (Å²) in [6, 6.07) is 6.57. The zero-order chi connectivity index (χ0) is 18.5. The molecule has 26 heavy (non-hydrogen) atoms. The minimum atomic E-state index is -0.467. The van der Waals surface area contributed by atoms with Gasteiger partial charge in [-0.05, 0) is 31.7 Å². The molecule has 0 unspecified atom stereocenters. The van der Waals surface area contributed by atoms with Crippen molar-refractivity contribution < 1.29 is 14.5 Å². The third-order valence-electron chi connectivity index (χ3n) is 5.38. The van der Waals surface area contributed by atoms with E-state index in [1.54, 1.807) is 24.1 Å². The highest BCUT2D eigenvalue weighted by Gasteiger charge is 2.29. The van der Waals surface area contributed by atoms with Crippen LogP contribution >= 0.6 is 0 Å². The number of nitrogens with zero attached hydrogens (tertiary/aromatic N) is 3. The molecule has 2 fully saturated rings. The highest BCUT2D eigenvalue weighted by atomic mass is 16.6. The molecule has 1 aromatic carbocycles. The number of benzene rings is 1. The maximum atomic E-state index is 12.5. The van der Waals surface area contributed by atoms with Crippen LogP contribution < -0.4 is 5.32 Å². The molecule has 0 saturated carbocycles. The number of amides is 2. The number of ether oxygens (including phenoxy) is 1. The number of urea groups is 1. The number of likely N-dealkylation sites (tertiary alicyclic amines) is 1. The molecular weight excluding hydrogens is 336 g/mol. The summed E-state index contributed by atoms with van der Waals surface area (Å²) < 4.78 is 5.43. The van der Waals surface area contributed by atoms with Crippen molar-refractivity contribution in [3.63, 3.8) is 0 Å². The van der Waals surface area contributed by atoms with Crippen LogP contribution in [0, 0.1) is 10.1 Å². The number of rotatable bonds is 4. The molecular formula is C18H26N4O4. The lowest BCUT2D eigenvalue weighted by molar-refractivity contribution is -0.384. The van der Waals surface area contributed by atoms with E-state index in [0.29, 0.717) is 11.7 Å². The Hall–Kier alpha value is -2.19. The molecule has 2 heterocycles. The van der Waals surface area contributed by atoms with E-state index in [1.807, 2.05) is 0 Å². The number of carbonyl (C=O) groups excluding carboxylic acids is 1. The molecule has 3 rings (SSSR count). The van der Waals surface area contributed by atoms with Crippen molar-refractivity contribution in [2.24, 2.45) is 0 Å². The molecule has 8 nitrogen and oxygen atoms in total. The highest BCUT2D eigenvalue weighted by Crippen LogP contribution is 2.23. The Balaban J connectivity index is 1.51. The summed E-state index contributed by atoms with van der Waals surface area (Å²) >= 11 is 0. The number of nitro groups is 1. The number of piperidine rings is 1. The molecule has 2 amide bonds. The minimum Gasteiger partial charge on any atom is -0.381 e. The lowest BCUT2D eigenvalue weighted by Crippen LogP contribution is -2.50. The number of non-ortho nitro benzene ring substituents is 1. The fourth-order valence-corrected chi connectivity index (χ4v) is 3.76. The van der Waals surface area contributed by atoms with Crippen LogP contribution in [0.25, 0.3) is 0 Å². The molecule has 1 aromatic rings. The van der Waals surface area contributed by atoms with E-state index >= 15 is 0 Å². The van der Waals surface area contributed by atoms with E-state index in [1.165, 1.54) is 12.1 Å². The largest absolute Gasteiger partial charge is 0.381 e. The van der Waals surface area contributed by atoms with Crippen LogP contribution in [0.15, 0.2) is 24.3 Å². The maximum absolute atomic E-state index is 12.5. The molecule has 2 saturated heterocycles. The molecule has 0 bridgehead atoms. The summed E-state index contributed by atoms with van der Waals surface area (Å²) in [6.45, 7) is 3.67. The molecule has 2 aliphatic heterocycles. The monoisotopic (exact) mass is 362 g/mol. The number of hydrogen-bond acceptors (Lipinski definition) is 5. The van der Waals surface area contributed by atoms with E-state index in [2.05, 4.69) is 10.2 Å².